The minimum atomic E-state index is -0.175. The highest BCUT2D eigenvalue weighted by Gasteiger charge is 2.31. The molecule has 8 heteroatoms. The minimum absolute atomic E-state index is 0.0612. The summed E-state index contributed by atoms with van der Waals surface area (Å²) < 4.78 is 1.45. The average Bonchev–Trinajstić information content (AvgIpc) is 3.33. The third-order valence-electron chi connectivity index (χ3n) is 4.68. The Labute approximate surface area is 160 Å². The highest BCUT2D eigenvalue weighted by molar-refractivity contribution is 7.09. The van der Waals surface area contributed by atoms with E-state index in [1.807, 2.05) is 24.0 Å². The first kappa shape index (κ1) is 17.5. The molecule has 27 heavy (non-hydrogen) atoms. The predicted octanol–water partition coefficient (Wildman–Crippen LogP) is 2.38. The number of carbonyl (C=O) groups is 1. The fraction of sp³-hybridized carbons (Fsp3) is 0.316. The molecule has 1 fully saturated rings. The van der Waals surface area contributed by atoms with Crippen LogP contribution >= 0.6 is 11.3 Å². The van der Waals surface area contributed by atoms with Crippen molar-refractivity contribution >= 4 is 17.2 Å². The van der Waals surface area contributed by atoms with Gasteiger partial charge in [-0.3, -0.25) is 14.6 Å². The van der Waals surface area contributed by atoms with E-state index in [-0.39, 0.29) is 17.5 Å². The summed E-state index contributed by atoms with van der Waals surface area (Å²) in [5.41, 5.74) is 1.84. The second kappa shape index (κ2) is 7.40. The van der Waals surface area contributed by atoms with Crippen LogP contribution < -0.4 is 5.56 Å². The van der Waals surface area contributed by atoms with Gasteiger partial charge in [0.1, 0.15) is 5.69 Å². The van der Waals surface area contributed by atoms with Gasteiger partial charge in [-0.2, -0.15) is 5.10 Å². The molecule has 4 rings (SSSR count). The lowest BCUT2D eigenvalue weighted by Crippen LogP contribution is -2.40. The van der Waals surface area contributed by atoms with Crippen molar-refractivity contribution in [2.24, 2.45) is 0 Å². The maximum absolute atomic E-state index is 12.8. The number of hydrogen-bond acceptors (Lipinski definition) is 6. The highest BCUT2D eigenvalue weighted by atomic mass is 32.1. The Balaban J connectivity index is 1.58. The molecule has 1 aliphatic heterocycles. The molecule has 0 spiro atoms. The number of rotatable bonds is 4. The van der Waals surface area contributed by atoms with Crippen molar-refractivity contribution in [3.05, 3.63) is 63.1 Å². The first-order valence-electron chi connectivity index (χ1n) is 8.83. The molecule has 0 saturated carbocycles. The van der Waals surface area contributed by atoms with Crippen LogP contribution in [0.25, 0.3) is 11.3 Å². The largest absolute Gasteiger partial charge is 0.332 e. The molecule has 3 aromatic rings. The van der Waals surface area contributed by atoms with Crippen LogP contribution in [0.3, 0.4) is 0 Å². The van der Waals surface area contributed by atoms with Crippen LogP contribution in [-0.4, -0.2) is 43.1 Å². The van der Waals surface area contributed by atoms with Crippen molar-refractivity contribution < 1.29 is 4.79 Å². The molecule has 1 unspecified atom stereocenters. The fourth-order valence-corrected chi connectivity index (χ4v) is 3.94. The van der Waals surface area contributed by atoms with E-state index < -0.39 is 0 Å². The van der Waals surface area contributed by atoms with Gasteiger partial charge in [0.25, 0.3) is 11.5 Å². The molecule has 1 amide bonds. The predicted molar refractivity (Wildman–Crippen MR) is 103 cm³/mol. The lowest BCUT2D eigenvalue weighted by Gasteiger charge is -2.24. The van der Waals surface area contributed by atoms with Gasteiger partial charge in [0.2, 0.25) is 0 Å². The van der Waals surface area contributed by atoms with E-state index in [4.69, 9.17) is 0 Å². The number of amides is 1. The second-order valence-corrected chi connectivity index (χ2v) is 7.59. The third kappa shape index (κ3) is 3.66. The summed E-state index contributed by atoms with van der Waals surface area (Å²) in [5.74, 6) is -0.0710. The van der Waals surface area contributed by atoms with E-state index in [9.17, 15) is 9.59 Å². The number of hydrogen-bond donors (Lipinski definition) is 0. The Hall–Kier alpha value is -2.87. The summed E-state index contributed by atoms with van der Waals surface area (Å²) in [6.07, 6.45) is 5.17. The summed E-state index contributed by atoms with van der Waals surface area (Å²) in [5, 5.41) is 7.15. The van der Waals surface area contributed by atoms with Crippen LogP contribution in [0, 0.1) is 6.92 Å². The molecule has 0 aromatic carbocycles. The van der Waals surface area contributed by atoms with Crippen molar-refractivity contribution in [2.45, 2.75) is 32.4 Å². The summed E-state index contributed by atoms with van der Waals surface area (Å²) in [7, 11) is 0. The first-order valence-corrected chi connectivity index (χ1v) is 9.71. The molecule has 0 radical (unpaired) electrons. The topological polar surface area (TPSA) is 81.0 Å². The van der Waals surface area contributed by atoms with Gasteiger partial charge >= 0.3 is 0 Å². The van der Waals surface area contributed by atoms with Crippen LogP contribution in [0.4, 0.5) is 0 Å². The van der Waals surface area contributed by atoms with E-state index >= 15 is 0 Å². The number of aromatic nitrogens is 4. The zero-order chi connectivity index (χ0) is 18.8. The standard InChI is InChI=1S/C19H19N5O2S/c1-13-21-17(12-27-13)19(26)23-9-3-5-15(23)11-24-18(25)7-6-16(22-24)14-4-2-8-20-10-14/h2,4,6-8,10,12,15H,3,5,9,11H2,1H3. The normalized spacial score (nSPS) is 16.6. The minimum Gasteiger partial charge on any atom is -0.332 e. The van der Waals surface area contributed by atoms with E-state index in [1.54, 1.807) is 23.8 Å². The molecule has 4 heterocycles. The van der Waals surface area contributed by atoms with Gasteiger partial charge in [0, 0.05) is 35.9 Å². The lowest BCUT2D eigenvalue weighted by molar-refractivity contribution is 0.0715. The van der Waals surface area contributed by atoms with Gasteiger partial charge in [-0.15, -0.1) is 11.3 Å². The van der Waals surface area contributed by atoms with Gasteiger partial charge in [-0.1, -0.05) is 0 Å². The summed E-state index contributed by atoms with van der Waals surface area (Å²) >= 11 is 1.47. The number of carbonyl (C=O) groups excluding carboxylic acids is 1. The van der Waals surface area contributed by atoms with Crippen LogP contribution in [0.5, 0.6) is 0 Å². The second-order valence-electron chi connectivity index (χ2n) is 6.53. The number of aryl methyl sites for hydroxylation is 1. The lowest BCUT2D eigenvalue weighted by atomic mass is 10.2. The smallest absolute Gasteiger partial charge is 0.273 e. The molecular formula is C19H19N5O2S. The van der Waals surface area contributed by atoms with Crippen molar-refractivity contribution in [3.8, 4) is 11.3 Å². The van der Waals surface area contributed by atoms with Gasteiger partial charge in [-0.05, 0) is 38.0 Å². The fourth-order valence-electron chi connectivity index (χ4n) is 3.35. The zero-order valence-electron chi connectivity index (χ0n) is 14.9. The van der Waals surface area contributed by atoms with Crippen LogP contribution in [0.2, 0.25) is 0 Å². The molecule has 138 valence electrons. The number of pyridine rings is 1. The van der Waals surface area contributed by atoms with Gasteiger partial charge < -0.3 is 4.90 Å². The van der Waals surface area contributed by atoms with E-state index in [0.29, 0.717) is 24.5 Å². The highest BCUT2D eigenvalue weighted by Crippen LogP contribution is 2.22. The molecule has 0 aliphatic carbocycles. The number of nitrogens with zero attached hydrogens (tertiary/aromatic N) is 5. The summed E-state index contributed by atoms with van der Waals surface area (Å²) in [6.45, 7) is 2.94. The Morgan fingerprint density at radius 1 is 1.33 bits per heavy atom. The first-order chi connectivity index (χ1) is 13.1. The Bertz CT molecular complexity index is 1010. The summed E-state index contributed by atoms with van der Waals surface area (Å²) in [4.78, 5) is 35.3. The van der Waals surface area contributed by atoms with Gasteiger partial charge in [0.15, 0.2) is 0 Å². The summed E-state index contributed by atoms with van der Waals surface area (Å²) in [6, 6.07) is 6.89. The molecule has 7 nitrogen and oxygen atoms in total. The van der Waals surface area contributed by atoms with E-state index in [1.165, 1.54) is 22.1 Å². The van der Waals surface area contributed by atoms with Crippen LogP contribution in [0.1, 0.15) is 28.3 Å². The molecule has 0 N–H and O–H groups in total. The van der Waals surface area contributed by atoms with Crippen molar-refractivity contribution in [1.29, 1.82) is 0 Å². The molecular weight excluding hydrogens is 362 g/mol. The average molecular weight is 381 g/mol. The van der Waals surface area contributed by atoms with E-state index in [0.717, 1.165) is 23.4 Å². The SMILES string of the molecule is Cc1nc(C(=O)N2CCCC2Cn2nc(-c3cccnc3)ccc2=O)cs1. The maximum atomic E-state index is 12.8. The van der Waals surface area contributed by atoms with Crippen LogP contribution in [-0.2, 0) is 6.54 Å². The zero-order valence-corrected chi connectivity index (χ0v) is 15.7. The number of thiazole rings is 1. The monoisotopic (exact) mass is 381 g/mol. The van der Waals surface area contributed by atoms with Crippen molar-refractivity contribution in [2.75, 3.05) is 6.54 Å². The van der Waals surface area contributed by atoms with Crippen LogP contribution in [0.15, 0.2) is 46.8 Å². The third-order valence-corrected chi connectivity index (χ3v) is 5.46. The van der Waals surface area contributed by atoms with E-state index in [2.05, 4.69) is 15.1 Å². The van der Waals surface area contributed by atoms with Gasteiger partial charge in [-0.25, -0.2) is 9.67 Å². The molecule has 1 aliphatic rings. The molecule has 1 saturated heterocycles. The molecule has 3 aromatic heterocycles. The molecule has 0 bridgehead atoms. The van der Waals surface area contributed by atoms with Gasteiger partial charge in [0.05, 0.1) is 23.3 Å². The van der Waals surface area contributed by atoms with Crippen molar-refractivity contribution in [1.82, 2.24) is 24.6 Å². The molecule has 1 atom stereocenters. The Morgan fingerprint density at radius 2 is 2.22 bits per heavy atom. The Kier molecular flexibility index (Phi) is 4.81. The maximum Gasteiger partial charge on any atom is 0.273 e. The van der Waals surface area contributed by atoms with Crippen molar-refractivity contribution in [3.63, 3.8) is 0 Å². The number of likely N-dealkylation sites (tertiary alicyclic amines) is 1. The quantitative estimate of drug-likeness (QED) is 0.693. The Morgan fingerprint density at radius 3 is 2.96 bits per heavy atom.